The molecule has 0 atom stereocenters. The number of hydrogen-bond acceptors (Lipinski definition) is 4. The van der Waals surface area contributed by atoms with Gasteiger partial charge in [0.05, 0.1) is 10.5 Å². The first kappa shape index (κ1) is 21.5. The molecular formula is C20H22BrN3O4S. The Morgan fingerprint density at radius 3 is 2.03 bits per heavy atom. The average Bonchev–Trinajstić information content (AvgIpc) is 3.02. The van der Waals surface area contributed by atoms with Crippen molar-refractivity contribution in [2.24, 2.45) is 0 Å². The molecule has 1 heterocycles. The predicted octanol–water partition coefficient (Wildman–Crippen LogP) is 3.09. The molecule has 0 unspecified atom stereocenters. The smallest absolute Gasteiger partial charge is 0.267 e. The van der Waals surface area contributed by atoms with Gasteiger partial charge in [0.15, 0.2) is 0 Å². The SMILES string of the molecule is O=C(NNC(=O)c1ccccc1Br)c1ccc(S(=O)(=O)N2CCCCCC2)cc1. The first-order valence-corrected chi connectivity index (χ1v) is 11.6. The number of hydrogen-bond donors (Lipinski definition) is 2. The molecule has 7 nitrogen and oxygen atoms in total. The zero-order valence-corrected chi connectivity index (χ0v) is 18.1. The van der Waals surface area contributed by atoms with E-state index in [0.717, 1.165) is 25.7 Å². The van der Waals surface area contributed by atoms with Gasteiger partial charge in [0, 0.05) is 23.1 Å². The predicted molar refractivity (Wildman–Crippen MR) is 113 cm³/mol. The topological polar surface area (TPSA) is 95.6 Å². The van der Waals surface area contributed by atoms with E-state index in [2.05, 4.69) is 26.8 Å². The molecule has 29 heavy (non-hydrogen) atoms. The summed E-state index contributed by atoms with van der Waals surface area (Å²) in [4.78, 5) is 24.6. The van der Waals surface area contributed by atoms with Crippen molar-refractivity contribution in [3.63, 3.8) is 0 Å². The zero-order valence-electron chi connectivity index (χ0n) is 15.7. The number of hydrazine groups is 1. The second kappa shape index (κ2) is 9.51. The molecule has 1 saturated heterocycles. The largest absolute Gasteiger partial charge is 0.270 e. The fourth-order valence-electron chi connectivity index (χ4n) is 3.11. The van der Waals surface area contributed by atoms with Crippen LogP contribution in [-0.2, 0) is 10.0 Å². The maximum atomic E-state index is 12.8. The fourth-order valence-corrected chi connectivity index (χ4v) is 5.09. The summed E-state index contributed by atoms with van der Waals surface area (Å²) in [5.41, 5.74) is 5.31. The minimum absolute atomic E-state index is 0.160. The van der Waals surface area contributed by atoms with Crippen LogP contribution in [0.2, 0.25) is 0 Å². The van der Waals surface area contributed by atoms with Gasteiger partial charge >= 0.3 is 0 Å². The first-order valence-electron chi connectivity index (χ1n) is 9.35. The molecule has 1 aliphatic rings. The van der Waals surface area contributed by atoms with Gasteiger partial charge < -0.3 is 0 Å². The second-order valence-corrected chi connectivity index (χ2v) is 9.52. The van der Waals surface area contributed by atoms with Gasteiger partial charge in [-0.05, 0) is 65.2 Å². The van der Waals surface area contributed by atoms with Crippen LogP contribution >= 0.6 is 15.9 Å². The number of sulfonamides is 1. The van der Waals surface area contributed by atoms with Gasteiger partial charge in [-0.15, -0.1) is 0 Å². The van der Waals surface area contributed by atoms with Crippen molar-refractivity contribution in [3.8, 4) is 0 Å². The molecule has 1 aliphatic heterocycles. The van der Waals surface area contributed by atoms with Crippen molar-refractivity contribution >= 4 is 37.8 Å². The van der Waals surface area contributed by atoms with Crippen LogP contribution in [0.3, 0.4) is 0 Å². The third kappa shape index (κ3) is 5.23. The van der Waals surface area contributed by atoms with E-state index in [0.29, 0.717) is 23.1 Å². The third-order valence-electron chi connectivity index (χ3n) is 4.73. The lowest BCUT2D eigenvalue weighted by Crippen LogP contribution is -2.41. The number of nitrogens with zero attached hydrogens (tertiary/aromatic N) is 1. The number of carbonyl (C=O) groups is 2. The summed E-state index contributed by atoms with van der Waals surface area (Å²) in [6.45, 7) is 1.04. The minimum atomic E-state index is -3.57. The summed E-state index contributed by atoms with van der Waals surface area (Å²) in [6.07, 6.45) is 3.79. The van der Waals surface area contributed by atoms with Crippen molar-refractivity contribution in [2.45, 2.75) is 30.6 Å². The van der Waals surface area contributed by atoms with Crippen LogP contribution in [-0.4, -0.2) is 37.6 Å². The number of nitrogens with one attached hydrogen (secondary N) is 2. The van der Waals surface area contributed by atoms with Crippen LogP contribution in [0.25, 0.3) is 0 Å². The molecule has 0 aliphatic carbocycles. The summed E-state index contributed by atoms with van der Waals surface area (Å²) < 4.78 is 27.7. The standard InChI is InChI=1S/C20H22BrN3O4S/c21-18-8-4-3-7-17(18)20(26)23-22-19(25)15-9-11-16(12-10-15)29(27,28)24-13-5-1-2-6-14-24/h3-4,7-12H,1-2,5-6,13-14H2,(H,22,25)(H,23,26). The molecule has 3 rings (SSSR count). The highest BCUT2D eigenvalue weighted by molar-refractivity contribution is 9.10. The number of carbonyl (C=O) groups excluding carboxylic acids is 2. The number of halogens is 1. The fraction of sp³-hybridized carbons (Fsp3) is 0.300. The highest BCUT2D eigenvalue weighted by Gasteiger charge is 2.25. The first-order chi connectivity index (χ1) is 13.9. The van der Waals surface area contributed by atoms with E-state index < -0.39 is 21.8 Å². The lowest BCUT2D eigenvalue weighted by atomic mass is 10.2. The van der Waals surface area contributed by atoms with Gasteiger partial charge in [-0.25, -0.2) is 8.42 Å². The monoisotopic (exact) mass is 479 g/mol. The highest BCUT2D eigenvalue weighted by atomic mass is 79.9. The molecule has 1 fully saturated rings. The molecule has 154 valence electrons. The quantitative estimate of drug-likeness (QED) is 0.658. The lowest BCUT2D eigenvalue weighted by molar-refractivity contribution is 0.0846. The molecule has 0 spiro atoms. The van der Waals surface area contributed by atoms with Gasteiger partial charge in [0.1, 0.15) is 0 Å². The molecule has 9 heteroatoms. The third-order valence-corrected chi connectivity index (χ3v) is 7.33. The van der Waals surface area contributed by atoms with E-state index in [1.54, 1.807) is 24.3 Å². The number of rotatable bonds is 4. The molecule has 2 aromatic carbocycles. The van der Waals surface area contributed by atoms with E-state index in [-0.39, 0.29) is 10.5 Å². The highest BCUT2D eigenvalue weighted by Crippen LogP contribution is 2.20. The molecule has 0 bridgehead atoms. The van der Waals surface area contributed by atoms with E-state index in [1.807, 2.05) is 0 Å². The van der Waals surface area contributed by atoms with Crippen molar-refractivity contribution in [1.29, 1.82) is 0 Å². The molecule has 2 aromatic rings. The number of benzene rings is 2. The Labute approximate surface area is 178 Å². The van der Waals surface area contributed by atoms with Crippen LogP contribution < -0.4 is 10.9 Å². The van der Waals surface area contributed by atoms with Crippen molar-refractivity contribution in [1.82, 2.24) is 15.2 Å². The van der Waals surface area contributed by atoms with Gasteiger partial charge in [-0.1, -0.05) is 25.0 Å². The van der Waals surface area contributed by atoms with Crippen LogP contribution in [0.15, 0.2) is 57.9 Å². The number of amides is 2. The normalized spacial score (nSPS) is 15.3. The Morgan fingerprint density at radius 1 is 0.828 bits per heavy atom. The van der Waals surface area contributed by atoms with Crippen LogP contribution in [0, 0.1) is 0 Å². The Kier molecular flexibility index (Phi) is 7.05. The molecule has 0 radical (unpaired) electrons. The van der Waals surface area contributed by atoms with Crippen LogP contribution in [0.1, 0.15) is 46.4 Å². The van der Waals surface area contributed by atoms with Crippen molar-refractivity contribution in [2.75, 3.05) is 13.1 Å². The Morgan fingerprint density at radius 2 is 1.41 bits per heavy atom. The minimum Gasteiger partial charge on any atom is -0.267 e. The van der Waals surface area contributed by atoms with Crippen molar-refractivity contribution in [3.05, 3.63) is 64.1 Å². The Balaban J connectivity index is 1.64. The maximum Gasteiger partial charge on any atom is 0.270 e. The summed E-state index contributed by atoms with van der Waals surface area (Å²) >= 11 is 3.28. The summed E-state index contributed by atoms with van der Waals surface area (Å²) in [5, 5.41) is 0. The van der Waals surface area contributed by atoms with Crippen LogP contribution in [0.4, 0.5) is 0 Å². The van der Waals surface area contributed by atoms with Gasteiger partial charge in [0.25, 0.3) is 11.8 Å². The van der Waals surface area contributed by atoms with E-state index in [9.17, 15) is 18.0 Å². The van der Waals surface area contributed by atoms with E-state index in [1.165, 1.54) is 28.6 Å². The summed E-state index contributed by atoms with van der Waals surface area (Å²) in [5.74, 6) is -1.00. The Bertz CT molecular complexity index is 985. The molecule has 2 N–H and O–H groups in total. The zero-order chi connectivity index (χ0) is 20.9. The lowest BCUT2D eigenvalue weighted by Gasteiger charge is -2.20. The average molecular weight is 480 g/mol. The molecule has 0 saturated carbocycles. The van der Waals surface area contributed by atoms with E-state index in [4.69, 9.17) is 0 Å². The van der Waals surface area contributed by atoms with Gasteiger partial charge in [0.2, 0.25) is 10.0 Å². The summed E-state index contributed by atoms with van der Waals surface area (Å²) in [6, 6.07) is 12.5. The molecule has 0 aromatic heterocycles. The van der Waals surface area contributed by atoms with Crippen molar-refractivity contribution < 1.29 is 18.0 Å². The molecule has 2 amide bonds. The Hall–Kier alpha value is -2.23. The van der Waals surface area contributed by atoms with Gasteiger partial charge in [-0.2, -0.15) is 4.31 Å². The van der Waals surface area contributed by atoms with Gasteiger partial charge in [-0.3, -0.25) is 20.4 Å². The molecular weight excluding hydrogens is 458 g/mol. The van der Waals surface area contributed by atoms with Crippen LogP contribution in [0.5, 0.6) is 0 Å². The summed E-state index contributed by atoms with van der Waals surface area (Å²) in [7, 11) is -3.57. The second-order valence-electron chi connectivity index (χ2n) is 6.73. The maximum absolute atomic E-state index is 12.8. The van der Waals surface area contributed by atoms with E-state index >= 15 is 0 Å².